The average molecular weight is 309 g/mol. The van der Waals surface area contributed by atoms with Crippen molar-refractivity contribution in [2.45, 2.75) is 31.7 Å². The van der Waals surface area contributed by atoms with E-state index in [0.29, 0.717) is 16.0 Å². The molecule has 0 saturated heterocycles. The van der Waals surface area contributed by atoms with Gasteiger partial charge in [-0.15, -0.1) is 12.4 Å². The summed E-state index contributed by atoms with van der Waals surface area (Å²) in [5.41, 5.74) is 6.76. The Morgan fingerprint density at radius 1 is 1.31 bits per heavy atom. The van der Waals surface area contributed by atoms with Crippen LogP contribution in [-0.4, -0.2) is 0 Å². The van der Waals surface area contributed by atoms with E-state index in [-0.39, 0.29) is 24.3 Å². The molecule has 1 nitrogen and oxygen atoms in total. The first-order chi connectivity index (χ1) is 7.20. The number of hydrogen-bond acceptors (Lipinski definition) is 1. The molecule has 1 aromatic carbocycles. The highest BCUT2D eigenvalue weighted by molar-refractivity contribution is 9.10. The van der Waals surface area contributed by atoms with E-state index in [1.165, 1.54) is 12.8 Å². The fraction of sp³-hybridized carbons (Fsp3) is 0.500. The zero-order valence-corrected chi connectivity index (χ0v) is 11.4. The second-order valence-electron chi connectivity index (χ2n) is 4.21. The lowest BCUT2D eigenvalue weighted by atomic mass is 9.92. The Bertz CT molecular complexity index is 353. The maximum atomic E-state index is 13.8. The summed E-state index contributed by atoms with van der Waals surface area (Å²) < 4.78 is 14.3. The second-order valence-corrected chi connectivity index (χ2v) is 5.07. The molecule has 1 aliphatic rings. The second kappa shape index (κ2) is 5.99. The Balaban J connectivity index is 0.00000128. The molecular formula is C12H16BrClFN. The summed E-state index contributed by atoms with van der Waals surface area (Å²) in [6.07, 6.45) is 4.72. The average Bonchev–Trinajstić information content (AvgIpc) is 2.74. The van der Waals surface area contributed by atoms with Crippen LogP contribution in [0.1, 0.15) is 37.3 Å². The SMILES string of the molecule is Cl.N[C@H](c1cccc(Br)c1F)C1CCCC1. The number of benzene rings is 1. The summed E-state index contributed by atoms with van der Waals surface area (Å²) in [5.74, 6) is 0.255. The van der Waals surface area contributed by atoms with Crippen LogP contribution in [0.2, 0.25) is 0 Å². The van der Waals surface area contributed by atoms with Crippen LogP contribution in [-0.2, 0) is 0 Å². The molecule has 0 spiro atoms. The van der Waals surface area contributed by atoms with Crippen molar-refractivity contribution in [3.63, 3.8) is 0 Å². The molecule has 0 unspecified atom stereocenters. The van der Waals surface area contributed by atoms with Crippen LogP contribution in [0, 0.1) is 11.7 Å². The Hall–Kier alpha value is -0.120. The largest absolute Gasteiger partial charge is 0.324 e. The van der Waals surface area contributed by atoms with Crippen LogP contribution in [0.4, 0.5) is 4.39 Å². The first-order valence-corrected chi connectivity index (χ1v) is 6.19. The van der Waals surface area contributed by atoms with Crippen molar-refractivity contribution in [3.8, 4) is 0 Å². The Kier molecular flexibility index (Phi) is 5.22. The fourth-order valence-corrected chi connectivity index (χ4v) is 2.73. The molecule has 0 aromatic heterocycles. The summed E-state index contributed by atoms with van der Waals surface area (Å²) in [5, 5.41) is 0. The number of rotatable bonds is 2. The molecule has 16 heavy (non-hydrogen) atoms. The molecule has 4 heteroatoms. The Morgan fingerprint density at radius 2 is 1.94 bits per heavy atom. The van der Waals surface area contributed by atoms with Crippen molar-refractivity contribution in [1.29, 1.82) is 0 Å². The fourth-order valence-electron chi connectivity index (χ4n) is 2.35. The summed E-state index contributed by atoms with van der Waals surface area (Å²) in [6.45, 7) is 0. The summed E-state index contributed by atoms with van der Waals surface area (Å²) in [4.78, 5) is 0. The van der Waals surface area contributed by atoms with Crippen LogP contribution in [0.3, 0.4) is 0 Å². The van der Waals surface area contributed by atoms with Gasteiger partial charge in [0, 0.05) is 11.6 Å². The lowest BCUT2D eigenvalue weighted by Crippen LogP contribution is -2.20. The van der Waals surface area contributed by atoms with E-state index < -0.39 is 0 Å². The van der Waals surface area contributed by atoms with Gasteiger partial charge in [0.15, 0.2) is 0 Å². The number of hydrogen-bond donors (Lipinski definition) is 1. The van der Waals surface area contributed by atoms with Crippen molar-refractivity contribution in [3.05, 3.63) is 34.1 Å². The Labute approximate surface area is 110 Å². The van der Waals surface area contributed by atoms with E-state index in [1.807, 2.05) is 6.07 Å². The van der Waals surface area contributed by atoms with E-state index in [0.717, 1.165) is 12.8 Å². The van der Waals surface area contributed by atoms with Crippen molar-refractivity contribution < 1.29 is 4.39 Å². The highest BCUT2D eigenvalue weighted by Crippen LogP contribution is 2.36. The normalized spacial score (nSPS) is 18.2. The van der Waals surface area contributed by atoms with Crippen molar-refractivity contribution >= 4 is 28.3 Å². The monoisotopic (exact) mass is 307 g/mol. The van der Waals surface area contributed by atoms with E-state index >= 15 is 0 Å². The van der Waals surface area contributed by atoms with Gasteiger partial charge in [-0.3, -0.25) is 0 Å². The molecule has 0 bridgehead atoms. The zero-order valence-electron chi connectivity index (χ0n) is 8.96. The van der Waals surface area contributed by atoms with Crippen LogP contribution in [0.15, 0.2) is 22.7 Å². The minimum Gasteiger partial charge on any atom is -0.324 e. The molecule has 1 saturated carbocycles. The van der Waals surface area contributed by atoms with Gasteiger partial charge >= 0.3 is 0 Å². The molecular weight excluding hydrogens is 292 g/mol. The van der Waals surface area contributed by atoms with Crippen molar-refractivity contribution in [2.75, 3.05) is 0 Å². The molecule has 1 aliphatic carbocycles. The lowest BCUT2D eigenvalue weighted by molar-refractivity contribution is 0.428. The maximum absolute atomic E-state index is 13.8. The maximum Gasteiger partial charge on any atom is 0.142 e. The predicted octanol–water partition coefficient (Wildman–Crippen LogP) is 4.20. The molecule has 1 atom stereocenters. The quantitative estimate of drug-likeness (QED) is 0.870. The smallest absolute Gasteiger partial charge is 0.142 e. The Morgan fingerprint density at radius 3 is 2.56 bits per heavy atom. The van der Waals surface area contributed by atoms with Crippen LogP contribution in [0.25, 0.3) is 0 Å². The lowest BCUT2D eigenvalue weighted by Gasteiger charge is -2.20. The van der Waals surface area contributed by atoms with Gasteiger partial charge in [-0.2, -0.15) is 0 Å². The van der Waals surface area contributed by atoms with Crippen LogP contribution < -0.4 is 5.73 Å². The summed E-state index contributed by atoms with van der Waals surface area (Å²) in [6, 6.07) is 5.20. The van der Waals surface area contributed by atoms with E-state index in [1.54, 1.807) is 12.1 Å². The molecule has 0 heterocycles. The third-order valence-corrected chi connectivity index (χ3v) is 3.86. The van der Waals surface area contributed by atoms with Crippen molar-refractivity contribution in [1.82, 2.24) is 0 Å². The molecule has 2 rings (SSSR count). The van der Waals surface area contributed by atoms with E-state index in [2.05, 4.69) is 15.9 Å². The van der Waals surface area contributed by atoms with Crippen LogP contribution >= 0.6 is 28.3 Å². The van der Waals surface area contributed by atoms with Gasteiger partial charge in [0.05, 0.1) is 4.47 Å². The molecule has 2 N–H and O–H groups in total. The van der Waals surface area contributed by atoms with Gasteiger partial charge in [-0.05, 0) is 40.8 Å². The van der Waals surface area contributed by atoms with Gasteiger partial charge in [0.2, 0.25) is 0 Å². The van der Waals surface area contributed by atoms with Gasteiger partial charge in [-0.1, -0.05) is 25.0 Å². The third kappa shape index (κ3) is 2.76. The van der Waals surface area contributed by atoms with Gasteiger partial charge in [0.25, 0.3) is 0 Å². The standard InChI is InChI=1S/C12H15BrFN.ClH/c13-10-7-3-6-9(11(10)14)12(15)8-4-1-2-5-8;/h3,6-8,12H,1-2,4-5,15H2;1H/t12-;/m0./s1. The molecule has 0 aliphatic heterocycles. The highest BCUT2D eigenvalue weighted by atomic mass is 79.9. The van der Waals surface area contributed by atoms with E-state index in [9.17, 15) is 4.39 Å². The first kappa shape index (κ1) is 13.9. The molecule has 1 fully saturated rings. The highest BCUT2D eigenvalue weighted by Gasteiger charge is 2.25. The molecule has 0 radical (unpaired) electrons. The molecule has 0 amide bonds. The minimum absolute atomic E-state index is 0. The molecule has 90 valence electrons. The molecule has 1 aromatic rings. The zero-order chi connectivity index (χ0) is 10.8. The predicted molar refractivity (Wildman–Crippen MR) is 70.2 cm³/mol. The van der Waals surface area contributed by atoms with Gasteiger partial charge in [0.1, 0.15) is 5.82 Å². The van der Waals surface area contributed by atoms with Crippen molar-refractivity contribution in [2.24, 2.45) is 11.7 Å². The minimum atomic E-state index is -0.197. The number of nitrogens with two attached hydrogens (primary N) is 1. The first-order valence-electron chi connectivity index (χ1n) is 5.39. The van der Waals surface area contributed by atoms with Gasteiger partial charge in [-0.25, -0.2) is 4.39 Å². The van der Waals surface area contributed by atoms with Gasteiger partial charge < -0.3 is 5.73 Å². The number of halogens is 3. The van der Waals surface area contributed by atoms with Crippen LogP contribution in [0.5, 0.6) is 0 Å². The topological polar surface area (TPSA) is 26.0 Å². The summed E-state index contributed by atoms with van der Waals surface area (Å²) in [7, 11) is 0. The van der Waals surface area contributed by atoms with E-state index in [4.69, 9.17) is 5.73 Å². The third-order valence-electron chi connectivity index (χ3n) is 3.25. The summed E-state index contributed by atoms with van der Waals surface area (Å²) >= 11 is 3.19.